The molecule has 0 aromatic heterocycles. The van der Waals surface area contributed by atoms with Gasteiger partial charge in [-0.15, -0.1) is 0 Å². The number of phenolic OH excluding ortho intramolecular Hbond substituents is 1. The summed E-state index contributed by atoms with van der Waals surface area (Å²) in [6.45, 7) is 29.5. The van der Waals surface area contributed by atoms with E-state index in [9.17, 15) is 19.8 Å². The van der Waals surface area contributed by atoms with E-state index in [1.165, 1.54) is 26.0 Å². The molecule has 0 saturated carbocycles. The molecule has 2 N–H and O–H groups in total. The highest BCUT2D eigenvalue weighted by Crippen LogP contribution is 2.49. The van der Waals surface area contributed by atoms with Crippen molar-refractivity contribution < 1.29 is 38.1 Å². The van der Waals surface area contributed by atoms with Gasteiger partial charge >= 0.3 is 5.97 Å². The number of aromatic hydroxyl groups is 1. The Labute approximate surface area is 267 Å². The summed E-state index contributed by atoms with van der Waals surface area (Å²) in [6, 6.07) is 4.71. The number of aliphatic carboxylic acids is 1. The third-order valence-corrected chi connectivity index (χ3v) is 21.8. The summed E-state index contributed by atoms with van der Waals surface area (Å²) in [7, 11) is -5.03. The van der Waals surface area contributed by atoms with Gasteiger partial charge in [-0.1, -0.05) is 89.2 Å². The van der Waals surface area contributed by atoms with Gasteiger partial charge in [-0.25, -0.2) is 4.79 Å². The topological polar surface area (TPSA) is 112 Å². The van der Waals surface area contributed by atoms with Crippen LogP contribution in [0.5, 0.6) is 11.5 Å². The van der Waals surface area contributed by atoms with Gasteiger partial charge in [0.05, 0.1) is 0 Å². The zero-order chi connectivity index (χ0) is 33.9. The smallest absolute Gasteiger partial charge is 0.331 e. The van der Waals surface area contributed by atoms with E-state index in [-0.39, 0.29) is 56.1 Å². The minimum atomic E-state index is -2.53. The van der Waals surface area contributed by atoms with E-state index >= 15 is 0 Å². The van der Waals surface area contributed by atoms with Gasteiger partial charge in [0.1, 0.15) is 18.3 Å². The Balaban J connectivity index is 2.74. The van der Waals surface area contributed by atoms with E-state index in [2.05, 4.69) is 83.1 Å². The van der Waals surface area contributed by atoms with E-state index in [0.717, 1.165) is 0 Å². The summed E-state index contributed by atoms with van der Waals surface area (Å²) in [6.07, 6.45) is -1.82. The molecule has 0 aliphatic carbocycles. The molecule has 1 aromatic carbocycles. The van der Waals surface area contributed by atoms with Gasteiger partial charge in [-0.2, -0.15) is 0 Å². The average molecular weight is 651 g/mol. The molecular formula is C34H58O8Si2. The molecule has 0 spiro atoms. The number of rotatable bonds is 15. The minimum Gasteiger partial charge on any atom is -0.504 e. The molecular weight excluding hydrogens is 593 g/mol. The molecule has 1 saturated heterocycles. The van der Waals surface area contributed by atoms with Crippen molar-refractivity contribution in [2.45, 2.75) is 155 Å². The molecule has 0 unspecified atom stereocenters. The Kier molecular flexibility index (Phi) is 13.1. The first-order chi connectivity index (χ1) is 20.2. The van der Waals surface area contributed by atoms with Crippen LogP contribution in [0.15, 0.2) is 23.8 Å². The fourth-order valence-electron chi connectivity index (χ4n) is 7.75. The first-order valence-electron chi connectivity index (χ1n) is 16.2. The fraction of sp³-hybridized carbons (Fsp3) is 0.706. The fourth-order valence-corrected chi connectivity index (χ4v) is 18.8. The minimum absolute atomic E-state index is 0.139. The highest BCUT2D eigenvalue weighted by molar-refractivity contribution is 6.78. The second-order valence-electron chi connectivity index (χ2n) is 14.3. The predicted molar refractivity (Wildman–Crippen MR) is 181 cm³/mol. The van der Waals surface area contributed by atoms with Crippen LogP contribution in [-0.4, -0.2) is 63.2 Å². The highest BCUT2D eigenvalue weighted by atomic mass is 28.4. The molecule has 1 aliphatic heterocycles. The summed E-state index contributed by atoms with van der Waals surface area (Å²) in [5, 5.41) is 20.2. The number of phenols is 1. The lowest BCUT2D eigenvalue weighted by atomic mass is 10.1. The van der Waals surface area contributed by atoms with Crippen molar-refractivity contribution in [2.75, 3.05) is 0 Å². The first-order valence-corrected chi connectivity index (χ1v) is 20.4. The number of carbonyl (C=O) groups excluding carboxylic acids is 1. The number of carboxylic acids is 1. The molecule has 10 heteroatoms. The molecule has 8 nitrogen and oxygen atoms in total. The molecule has 44 heavy (non-hydrogen) atoms. The monoisotopic (exact) mass is 650 g/mol. The normalized spacial score (nSPS) is 21.9. The summed E-state index contributed by atoms with van der Waals surface area (Å²) in [5.41, 5.74) is 2.27. The van der Waals surface area contributed by atoms with Crippen molar-refractivity contribution in [1.82, 2.24) is 0 Å². The lowest BCUT2D eigenvalue weighted by Gasteiger charge is -2.48. The van der Waals surface area contributed by atoms with Crippen molar-refractivity contribution >= 4 is 34.5 Å². The van der Waals surface area contributed by atoms with E-state index in [1.54, 1.807) is 12.1 Å². The van der Waals surface area contributed by atoms with Crippen LogP contribution in [0.25, 0.3) is 6.08 Å². The standard InChI is InChI=1S/C34H58O8Si2/c1-19(2)43(20(3)4,21(5)6)41-31-30(26(14)35)40-34(32(31)42-44(22(7)8,23(9)10)24(11)12)39-29-16-15-27(18-28(29)36)17-25(13)33(37)38/h15-24,30-32,34,36H,1-14H3,(H,37,38)/b25-17+/t30-,31-,32+,34-/m1/s1. The van der Waals surface area contributed by atoms with E-state index in [1.807, 2.05) is 0 Å². The Morgan fingerprint density at radius 3 is 1.57 bits per heavy atom. The first kappa shape index (κ1) is 38.2. The van der Waals surface area contributed by atoms with Gasteiger partial charge in [0, 0.05) is 5.57 Å². The van der Waals surface area contributed by atoms with Crippen LogP contribution in [0.4, 0.5) is 0 Å². The number of carboxylic acid groups (broad SMARTS) is 1. The number of benzene rings is 1. The molecule has 4 atom stereocenters. The van der Waals surface area contributed by atoms with Crippen LogP contribution in [0.2, 0.25) is 33.2 Å². The molecule has 2 rings (SSSR count). The number of carbonyl (C=O) groups is 2. The molecule has 1 heterocycles. The number of ether oxygens (including phenoxy) is 2. The van der Waals surface area contributed by atoms with Crippen LogP contribution in [0, 0.1) is 0 Å². The largest absolute Gasteiger partial charge is 0.504 e. The molecule has 1 aliphatic rings. The molecule has 250 valence electrons. The molecule has 1 fully saturated rings. The second-order valence-corrected chi connectivity index (χ2v) is 25.1. The quantitative estimate of drug-likeness (QED) is 0.143. The summed E-state index contributed by atoms with van der Waals surface area (Å²) < 4.78 is 27.5. The maximum atomic E-state index is 13.2. The van der Waals surface area contributed by atoms with Crippen LogP contribution in [-0.2, 0) is 23.2 Å². The number of hydrogen-bond donors (Lipinski definition) is 2. The van der Waals surface area contributed by atoms with Gasteiger partial charge < -0.3 is 28.5 Å². The molecule has 1 aromatic rings. The van der Waals surface area contributed by atoms with Crippen molar-refractivity contribution in [3.8, 4) is 11.5 Å². The summed E-state index contributed by atoms with van der Waals surface area (Å²) in [5.74, 6) is -1.21. The summed E-state index contributed by atoms with van der Waals surface area (Å²) >= 11 is 0. The van der Waals surface area contributed by atoms with Crippen LogP contribution >= 0.6 is 0 Å². The number of ketones is 1. The lowest BCUT2D eigenvalue weighted by Crippen LogP contribution is -2.59. The Bertz CT molecular complexity index is 1130. The van der Waals surface area contributed by atoms with Gasteiger partial charge in [-0.3, -0.25) is 4.79 Å². The van der Waals surface area contributed by atoms with Gasteiger partial charge in [0.15, 0.2) is 17.3 Å². The maximum absolute atomic E-state index is 13.2. The third-order valence-electron chi connectivity index (χ3n) is 9.61. The molecule has 0 radical (unpaired) electrons. The maximum Gasteiger partial charge on any atom is 0.331 e. The van der Waals surface area contributed by atoms with Crippen LogP contribution < -0.4 is 4.74 Å². The Morgan fingerprint density at radius 1 is 0.773 bits per heavy atom. The average Bonchev–Trinajstić information content (AvgIpc) is 3.22. The van der Waals surface area contributed by atoms with Crippen molar-refractivity contribution in [1.29, 1.82) is 0 Å². The van der Waals surface area contributed by atoms with Crippen LogP contribution in [0.1, 0.15) is 102 Å². The van der Waals surface area contributed by atoms with E-state index in [4.69, 9.17) is 18.3 Å². The van der Waals surface area contributed by atoms with E-state index in [0.29, 0.717) is 5.56 Å². The number of Topliss-reactive ketones (excluding diaryl/α,β-unsaturated/α-hetero) is 1. The van der Waals surface area contributed by atoms with Crippen molar-refractivity contribution in [2.24, 2.45) is 0 Å². The SMILES string of the molecule is CC(=O)[C@H]1O[C@@H](Oc2ccc(/C=C(\C)C(=O)O)cc2O)[C@@H](O[Si](C(C)C)(C(C)C)C(C)C)[C@@H]1O[Si](C(C)C)(C(C)C)C(C)C. The van der Waals surface area contributed by atoms with Crippen molar-refractivity contribution in [3.63, 3.8) is 0 Å². The second kappa shape index (κ2) is 15.1. The summed E-state index contributed by atoms with van der Waals surface area (Å²) in [4.78, 5) is 24.5. The van der Waals surface area contributed by atoms with Gasteiger partial charge in [-0.05, 0) is 70.9 Å². The third kappa shape index (κ3) is 7.69. The predicted octanol–water partition coefficient (Wildman–Crippen LogP) is 8.69. The number of hydrogen-bond acceptors (Lipinski definition) is 7. The molecule has 0 bridgehead atoms. The van der Waals surface area contributed by atoms with Gasteiger partial charge in [0.25, 0.3) is 0 Å². The highest BCUT2D eigenvalue weighted by Gasteiger charge is 2.59. The van der Waals surface area contributed by atoms with Crippen molar-refractivity contribution in [3.05, 3.63) is 29.3 Å². The molecule has 0 amide bonds. The zero-order valence-corrected chi connectivity index (χ0v) is 31.4. The lowest BCUT2D eigenvalue weighted by molar-refractivity contribution is -0.141. The van der Waals surface area contributed by atoms with E-state index < -0.39 is 47.2 Å². The van der Waals surface area contributed by atoms with Crippen LogP contribution in [0.3, 0.4) is 0 Å². The Morgan fingerprint density at radius 2 is 1.20 bits per heavy atom. The van der Waals surface area contributed by atoms with Gasteiger partial charge in [0.2, 0.25) is 22.9 Å². The Hall–Kier alpha value is -1.99. The zero-order valence-electron chi connectivity index (χ0n) is 29.4.